The van der Waals surface area contributed by atoms with Gasteiger partial charge >= 0.3 is 10.2 Å². The van der Waals surface area contributed by atoms with E-state index in [1.807, 2.05) is 4.72 Å². The third-order valence-electron chi connectivity index (χ3n) is 2.51. The lowest BCUT2D eigenvalue weighted by molar-refractivity contribution is 0.111. The number of aldehydes is 1. The van der Waals surface area contributed by atoms with E-state index < -0.39 is 33.1 Å². The number of hydrogen-bond acceptors (Lipinski definition) is 3. The van der Waals surface area contributed by atoms with Crippen LogP contribution in [-0.2, 0) is 10.2 Å². The Hall–Kier alpha value is -2.48. The fourth-order valence-electron chi connectivity index (χ4n) is 1.59. The summed E-state index contributed by atoms with van der Waals surface area (Å²) in [5.74, 6) is -2.34. The van der Waals surface area contributed by atoms with Gasteiger partial charge in [0.2, 0.25) is 0 Å². The highest BCUT2D eigenvalue weighted by Crippen LogP contribution is 2.21. The third-order valence-corrected chi connectivity index (χ3v) is 3.51. The highest BCUT2D eigenvalue weighted by atomic mass is 32.2. The van der Waals surface area contributed by atoms with Gasteiger partial charge in [-0.05, 0) is 24.3 Å². The zero-order valence-corrected chi connectivity index (χ0v) is 11.3. The summed E-state index contributed by atoms with van der Waals surface area (Å²) in [6.45, 7) is 0. The summed E-state index contributed by atoms with van der Waals surface area (Å²) in [5.41, 5.74) is -1.10. The number of carbonyl (C=O) groups is 1. The molecular weight excluding hydrogens is 302 g/mol. The summed E-state index contributed by atoms with van der Waals surface area (Å²) in [7, 11) is -4.13. The molecule has 2 aromatic rings. The maximum absolute atomic E-state index is 13.8. The second-order valence-corrected chi connectivity index (χ2v) is 5.43. The van der Waals surface area contributed by atoms with Crippen molar-refractivity contribution in [3.05, 3.63) is 59.7 Å². The first kappa shape index (κ1) is 14.9. The quantitative estimate of drug-likeness (QED) is 0.833. The van der Waals surface area contributed by atoms with Gasteiger partial charge in [-0.15, -0.1) is 0 Å². The molecule has 0 aliphatic carbocycles. The van der Waals surface area contributed by atoms with E-state index in [-0.39, 0.29) is 12.0 Å². The van der Waals surface area contributed by atoms with Crippen LogP contribution in [0.4, 0.5) is 20.2 Å². The summed E-state index contributed by atoms with van der Waals surface area (Å²) in [6, 6.07) is 9.60. The molecule has 0 atom stereocenters. The lowest BCUT2D eigenvalue weighted by Crippen LogP contribution is -2.22. The molecule has 21 heavy (non-hydrogen) atoms. The molecule has 0 unspecified atom stereocenters. The van der Waals surface area contributed by atoms with Gasteiger partial charge in [-0.1, -0.05) is 18.2 Å². The summed E-state index contributed by atoms with van der Waals surface area (Å²) < 4.78 is 54.6. The summed E-state index contributed by atoms with van der Waals surface area (Å²) >= 11 is 0. The van der Waals surface area contributed by atoms with Crippen LogP contribution in [0.15, 0.2) is 42.5 Å². The molecular formula is C13H10F2N2O3S. The number of anilines is 2. The minimum atomic E-state index is -4.13. The monoisotopic (exact) mass is 312 g/mol. The maximum atomic E-state index is 13.8. The van der Waals surface area contributed by atoms with Crippen LogP contribution < -0.4 is 9.44 Å². The van der Waals surface area contributed by atoms with Crippen molar-refractivity contribution in [3.63, 3.8) is 0 Å². The van der Waals surface area contributed by atoms with Gasteiger partial charge in [0.1, 0.15) is 5.82 Å². The summed E-state index contributed by atoms with van der Waals surface area (Å²) in [5, 5.41) is 0. The maximum Gasteiger partial charge on any atom is 0.321 e. The van der Waals surface area contributed by atoms with Gasteiger partial charge in [0.15, 0.2) is 12.1 Å². The number of para-hydroxylation sites is 1. The number of rotatable bonds is 5. The predicted molar refractivity (Wildman–Crippen MR) is 74.4 cm³/mol. The van der Waals surface area contributed by atoms with Gasteiger partial charge in [-0.2, -0.15) is 8.42 Å². The second kappa shape index (κ2) is 5.88. The molecule has 0 aliphatic heterocycles. The highest BCUT2D eigenvalue weighted by Gasteiger charge is 2.17. The SMILES string of the molecule is O=Cc1c(F)ccc(NS(=O)(=O)Nc2ccccc2)c1F. The first-order chi connectivity index (χ1) is 9.93. The van der Waals surface area contributed by atoms with E-state index in [4.69, 9.17) is 0 Å². The lowest BCUT2D eigenvalue weighted by atomic mass is 10.2. The van der Waals surface area contributed by atoms with Crippen molar-refractivity contribution in [3.8, 4) is 0 Å². The minimum Gasteiger partial charge on any atom is -0.298 e. The molecule has 2 N–H and O–H groups in total. The van der Waals surface area contributed by atoms with Crippen LogP contribution in [0.25, 0.3) is 0 Å². The van der Waals surface area contributed by atoms with E-state index in [1.54, 1.807) is 18.2 Å². The van der Waals surface area contributed by atoms with Gasteiger partial charge in [0.05, 0.1) is 16.9 Å². The third kappa shape index (κ3) is 3.54. The fraction of sp³-hybridized carbons (Fsp3) is 0. The zero-order valence-electron chi connectivity index (χ0n) is 10.5. The molecule has 0 spiro atoms. The van der Waals surface area contributed by atoms with Gasteiger partial charge in [-0.25, -0.2) is 8.78 Å². The van der Waals surface area contributed by atoms with Crippen LogP contribution in [0.2, 0.25) is 0 Å². The van der Waals surface area contributed by atoms with Crippen LogP contribution in [0.1, 0.15) is 10.4 Å². The first-order valence-electron chi connectivity index (χ1n) is 5.72. The topological polar surface area (TPSA) is 75.3 Å². The molecule has 110 valence electrons. The van der Waals surface area contributed by atoms with E-state index in [0.717, 1.165) is 12.1 Å². The molecule has 2 aromatic carbocycles. The Morgan fingerprint density at radius 2 is 1.62 bits per heavy atom. The average molecular weight is 312 g/mol. The normalized spacial score (nSPS) is 11.0. The molecule has 0 radical (unpaired) electrons. The number of halogens is 2. The van der Waals surface area contributed by atoms with E-state index >= 15 is 0 Å². The van der Waals surface area contributed by atoms with Crippen LogP contribution in [0.3, 0.4) is 0 Å². The Morgan fingerprint density at radius 3 is 2.24 bits per heavy atom. The summed E-state index contributed by atoms with van der Waals surface area (Å²) in [4.78, 5) is 10.6. The van der Waals surface area contributed by atoms with Crippen molar-refractivity contribution in [2.45, 2.75) is 0 Å². The van der Waals surface area contributed by atoms with Crippen molar-refractivity contribution in [2.75, 3.05) is 9.44 Å². The smallest absolute Gasteiger partial charge is 0.298 e. The molecule has 2 rings (SSSR count). The van der Waals surface area contributed by atoms with E-state index in [2.05, 4.69) is 4.72 Å². The van der Waals surface area contributed by atoms with Crippen LogP contribution >= 0.6 is 0 Å². The molecule has 8 heteroatoms. The van der Waals surface area contributed by atoms with Crippen LogP contribution in [-0.4, -0.2) is 14.7 Å². The molecule has 0 fully saturated rings. The van der Waals surface area contributed by atoms with Gasteiger partial charge in [0, 0.05) is 0 Å². The molecule has 0 bridgehead atoms. The van der Waals surface area contributed by atoms with Crippen LogP contribution in [0, 0.1) is 11.6 Å². The molecule has 0 saturated carbocycles. The predicted octanol–water partition coefficient (Wildman–Crippen LogP) is 2.55. The van der Waals surface area contributed by atoms with Crippen molar-refractivity contribution in [1.29, 1.82) is 0 Å². The zero-order chi connectivity index (χ0) is 15.5. The van der Waals surface area contributed by atoms with Gasteiger partial charge in [0.25, 0.3) is 0 Å². The van der Waals surface area contributed by atoms with E-state index in [1.165, 1.54) is 12.1 Å². The van der Waals surface area contributed by atoms with Crippen molar-refractivity contribution in [1.82, 2.24) is 0 Å². The van der Waals surface area contributed by atoms with Gasteiger partial charge in [-0.3, -0.25) is 14.2 Å². The first-order valence-corrected chi connectivity index (χ1v) is 7.20. The van der Waals surface area contributed by atoms with Crippen molar-refractivity contribution in [2.24, 2.45) is 0 Å². The largest absolute Gasteiger partial charge is 0.321 e. The number of nitrogens with one attached hydrogen (secondary N) is 2. The number of carbonyl (C=O) groups excluding carboxylic acids is 1. The molecule has 0 heterocycles. The molecule has 0 amide bonds. The standard InChI is InChI=1S/C13H10F2N2O3S/c14-11-6-7-12(13(15)10(11)8-18)17-21(19,20)16-9-4-2-1-3-5-9/h1-8,16-17H. The van der Waals surface area contributed by atoms with Crippen molar-refractivity contribution >= 4 is 27.9 Å². The Labute approximate surface area is 119 Å². The molecule has 5 nitrogen and oxygen atoms in total. The van der Waals surface area contributed by atoms with Crippen molar-refractivity contribution < 1.29 is 22.0 Å². The molecule has 0 aromatic heterocycles. The Kier molecular flexibility index (Phi) is 4.18. The number of hydrogen-bond donors (Lipinski definition) is 2. The minimum absolute atomic E-state index is 0.0207. The lowest BCUT2D eigenvalue weighted by Gasteiger charge is -2.11. The Balaban J connectivity index is 2.27. The van der Waals surface area contributed by atoms with E-state index in [9.17, 15) is 22.0 Å². The highest BCUT2D eigenvalue weighted by molar-refractivity contribution is 7.94. The average Bonchev–Trinajstić information content (AvgIpc) is 2.43. The Bertz CT molecular complexity index is 764. The van der Waals surface area contributed by atoms with Gasteiger partial charge < -0.3 is 0 Å². The van der Waals surface area contributed by atoms with Crippen LogP contribution in [0.5, 0.6) is 0 Å². The fourth-order valence-corrected chi connectivity index (χ4v) is 2.53. The van der Waals surface area contributed by atoms with E-state index in [0.29, 0.717) is 0 Å². The number of benzene rings is 2. The Morgan fingerprint density at radius 1 is 0.952 bits per heavy atom. The molecule has 0 aliphatic rings. The molecule has 0 saturated heterocycles. The summed E-state index contributed by atoms with van der Waals surface area (Å²) in [6.07, 6.45) is -0.0207. The second-order valence-electron chi connectivity index (χ2n) is 4.01.